The molecule has 1 aliphatic rings. The van der Waals surface area contributed by atoms with Gasteiger partial charge >= 0.3 is 0 Å². The first-order valence-electron chi connectivity index (χ1n) is 9.82. The topological polar surface area (TPSA) is 70.2 Å². The molecule has 1 atom stereocenters. The lowest BCUT2D eigenvalue weighted by molar-refractivity contribution is -0.115. The van der Waals surface area contributed by atoms with E-state index in [2.05, 4.69) is 16.0 Å². The van der Waals surface area contributed by atoms with Gasteiger partial charge in [-0.2, -0.15) is 0 Å². The van der Waals surface area contributed by atoms with Gasteiger partial charge in [0.05, 0.1) is 27.8 Å². The van der Waals surface area contributed by atoms with E-state index in [0.29, 0.717) is 21.3 Å². The molecule has 3 rings (SSSR count). The van der Waals surface area contributed by atoms with Gasteiger partial charge in [-0.3, -0.25) is 9.59 Å². The van der Waals surface area contributed by atoms with Gasteiger partial charge in [-0.25, -0.2) is 0 Å². The second-order valence-corrected chi connectivity index (χ2v) is 8.14. The normalized spacial score (nSPS) is 15.1. The number of amides is 2. The van der Waals surface area contributed by atoms with Gasteiger partial charge in [0.25, 0.3) is 5.91 Å². The number of carbonyl (C=O) groups excluding carboxylic acids is 2. The summed E-state index contributed by atoms with van der Waals surface area (Å²) < 4.78 is 0. The summed E-state index contributed by atoms with van der Waals surface area (Å²) in [6.45, 7) is 2.04. The highest BCUT2D eigenvalue weighted by atomic mass is 35.5. The zero-order valence-electron chi connectivity index (χ0n) is 16.3. The van der Waals surface area contributed by atoms with Gasteiger partial charge in [0.1, 0.15) is 0 Å². The molecule has 0 aliphatic heterocycles. The molecule has 5 nitrogen and oxygen atoms in total. The fraction of sp³-hybridized carbons (Fsp3) is 0.364. The van der Waals surface area contributed by atoms with Gasteiger partial charge in [-0.05, 0) is 49.6 Å². The minimum atomic E-state index is -0.224. The van der Waals surface area contributed by atoms with Crippen molar-refractivity contribution < 1.29 is 9.59 Å². The minimum absolute atomic E-state index is 0.0866. The monoisotopic (exact) mass is 433 g/mol. The summed E-state index contributed by atoms with van der Waals surface area (Å²) in [6, 6.07) is 12.6. The van der Waals surface area contributed by atoms with Crippen LogP contribution < -0.4 is 16.0 Å². The molecule has 2 aromatic rings. The van der Waals surface area contributed by atoms with Crippen LogP contribution in [0.1, 0.15) is 54.6 Å². The lowest BCUT2D eigenvalue weighted by atomic mass is 10.1. The molecule has 29 heavy (non-hydrogen) atoms. The Labute approximate surface area is 181 Å². The Morgan fingerprint density at radius 2 is 1.79 bits per heavy atom. The molecule has 0 heterocycles. The maximum Gasteiger partial charge on any atom is 0.253 e. The summed E-state index contributed by atoms with van der Waals surface area (Å²) in [5.74, 6) is -0.372. The summed E-state index contributed by atoms with van der Waals surface area (Å²) in [6.07, 6.45) is 4.31. The van der Waals surface area contributed by atoms with Crippen LogP contribution in [0.4, 0.5) is 5.69 Å². The largest absolute Gasteiger partial charge is 0.349 e. The Bertz CT molecular complexity index is 882. The van der Waals surface area contributed by atoms with Gasteiger partial charge in [0, 0.05) is 12.1 Å². The number of para-hydroxylation sites is 1. The van der Waals surface area contributed by atoms with Crippen LogP contribution in [0.3, 0.4) is 0 Å². The van der Waals surface area contributed by atoms with Crippen molar-refractivity contribution in [2.45, 2.75) is 44.7 Å². The van der Waals surface area contributed by atoms with Crippen LogP contribution in [-0.2, 0) is 4.79 Å². The van der Waals surface area contributed by atoms with E-state index in [0.717, 1.165) is 31.2 Å². The Kier molecular flexibility index (Phi) is 7.53. The molecule has 2 amide bonds. The molecule has 154 valence electrons. The van der Waals surface area contributed by atoms with E-state index in [4.69, 9.17) is 23.2 Å². The van der Waals surface area contributed by atoms with Crippen molar-refractivity contribution in [3.8, 4) is 0 Å². The zero-order valence-corrected chi connectivity index (χ0v) is 17.8. The Balaban J connectivity index is 1.57. The van der Waals surface area contributed by atoms with E-state index < -0.39 is 0 Å². The molecule has 0 radical (unpaired) electrons. The van der Waals surface area contributed by atoms with Crippen molar-refractivity contribution in [2.75, 3.05) is 11.9 Å². The summed E-state index contributed by atoms with van der Waals surface area (Å²) in [7, 11) is 0. The quantitative estimate of drug-likeness (QED) is 0.577. The van der Waals surface area contributed by atoms with Gasteiger partial charge in [0.15, 0.2) is 0 Å². The Morgan fingerprint density at radius 3 is 2.52 bits per heavy atom. The third kappa shape index (κ3) is 5.95. The van der Waals surface area contributed by atoms with Gasteiger partial charge in [0.2, 0.25) is 5.91 Å². The van der Waals surface area contributed by atoms with Crippen molar-refractivity contribution in [3.05, 3.63) is 63.6 Å². The highest BCUT2D eigenvalue weighted by Crippen LogP contribution is 2.25. The molecule has 0 bridgehead atoms. The number of hydrogen-bond acceptors (Lipinski definition) is 3. The van der Waals surface area contributed by atoms with E-state index in [1.165, 1.54) is 0 Å². The Hall–Kier alpha value is -2.08. The van der Waals surface area contributed by atoms with Crippen LogP contribution in [0.15, 0.2) is 42.5 Å². The van der Waals surface area contributed by atoms with Crippen LogP contribution in [0.5, 0.6) is 0 Å². The number of rotatable bonds is 7. The molecule has 1 fully saturated rings. The molecule has 0 aromatic heterocycles. The maximum absolute atomic E-state index is 12.6. The van der Waals surface area contributed by atoms with Crippen molar-refractivity contribution in [1.82, 2.24) is 10.6 Å². The van der Waals surface area contributed by atoms with Crippen molar-refractivity contribution in [1.29, 1.82) is 0 Å². The van der Waals surface area contributed by atoms with E-state index in [1.807, 2.05) is 13.0 Å². The molecule has 2 aromatic carbocycles. The molecule has 3 N–H and O–H groups in total. The summed E-state index contributed by atoms with van der Waals surface area (Å²) in [5.41, 5.74) is 1.92. The first-order chi connectivity index (χ1) is 13.9. The van der Waals surface area contributed by atoms with Crippen LogP contribution in [0.2, 0.25) is 10.0 Å². The van der Waals surface area contributed by atoms with E-state index in [-0.39, 0.29) is 30.4 Å². The van der Waals surface area contributed by atoms with E-state index in [9.17, 15) is 9.59 Å². The van der Waals surface area contributed by atoms with E-state index >= 15 is 0 Å². The number of nitrogens with one attached hydrogen (secondary N) is 3. The predicted molar refractivity (Wildman–Crippen MR) is 118 cm³/mol. The number of anilines is 1. The second kappa shape index (κ2) is 10.1. The lowest BCUT2D eigenvalue weighted by Crippen LogP contribution is -2.34. The molecule has 0 spiro atoms. The van der Waals surface area contributed by atoms with Gasteiger partial charge < -0.3 is 16.0 Å². The summed E-state index contributed by atoms with van der Waals surface area (Å²) in [5, 5.41) is 10.0. The number of halogens is 2. The third-order valence-electron chi connectivity index (χ3n) is 5.15. The standard InChI is InChI=1S/C22H25Cl2N3O2/c1-14(15-10-11-18(23)19(24)12-15)25-13-21(28)27-20-9-5-4-8-17(20)22(29)26-16-6-2-3-7-16/h4-5,8-12,14,16,25H,2-3,6-7,13H2,1H3,(H,26,29)(H,27,28). The predicted octanol–water partition coefficient (Wildman–Crippen LogP) is 4.96. The van der Waals surface area contributed by atoms with Gasteiger partial charge in [-0.1, -0.05) is 54.2 Å². The molecule has 1 unspecified atom stereocenters. The summed E-state index contributed by atoms with van der Waals surface area (Å²) in [4.78, 5) is 25.0. The van der Waals surface area contributed by atoms with Gasteiger partial charge in [-0.15, -0.1) is 0 Å². The maximum atomic E-state index is 12.6. The SMILES string of the molecule is CC(NCC(=O)Nc1ccccc1C(=O)NC1CCCC1)c1ccc(Cl)c(Cl)c1. The molecule has 7 heteroatoms. The minimum Gasteiger partial charge on any atom is -0.349 e. The fourth-order valence-corrected chi connectivity index (χ4v) is 3.77. The van der Waals surface area contributed by atoms with Crippen molar-refractivity contribution in [3.63, 3.8) is 0 Å². The van der Waals surface area contributed by atoms with Crippen LogP contribution in [0.25, 0.3) is 0 Å². The van der Waals surface area contributed by atoms with Crippen LogP contribution in [-0.4, -0.2) is 24.4 Å². The number of hydrogen-bond donors (Lipinski definition) is 3. The number of benzene rings is 2. The Morgan fingerprint density at radius 1 is 1.07 bits per heavy atom. The summed E-state index contributed by atoms with van der Waals surface area (Å²) >= 11 is 12.0. The second-order valence-electron chi connectivity index (χ2n) is 7.32. The molecule has 1 aliphatic carbocycles. The van der Waals surface area contributed by atoms with E-state index in [1.54, 1.807) is 36.4 Å². The molecule has 1 saturated carbocycles. The van der Waals surface area contributed by atoms with Crippen LogP contribution >= 0.6 is 23.2 Å². The number of carbonyl (C=O) groups is 2. The first-order valence-corrected chi connectivity index (χ1v) is 10.6. The lowest BCUT2D eigenvalue weighted by Gasteiger charge is -2.17. The van der Waals surface area contributed by atoms with Crippen molar-refractivity contribution in [2.24, 2.45) is 0 Å². The molecular formula is C22H25Cl2N3O2. The average Bonchev–Trinajstić information content (AvgIpc) is 3.21. The fourth-order valence-electron chi connectivity index (χ4n) is 3.46. The molecular weight excluding hydrogens is 409 g/mol. The smallest absolute Gasteiger partial charge is 0.253 e. The highest BCUT2D eigenvalue weighted by molar-refractivity contribution is 6.42. The zero-order chi connectivity index (χ0) is 20.8. The van der Waals surface area contributed by atoms with Crippen molar-refractivity contribution >= 4 is 40.7 Å². The van der Waals surface area contributed by atoms with Crippen LogP contribution in [0, 0.1) is 0 Å². The third-order valence-corrected chi connectivity index (χ3v) is 5.89. The molecule has 0 saturated heterocycles. The highest BCUT2D eigenvalue weighted by Gasteiger charge is 2.20. The average molecular weight is 434 g/mol. The first kappa shape index (κ1) is 21.6.